The molecule has 18 heavy (non-hydrogen) atoms. The molecule has 94 valence electrons. The molecule has 0 aliphatic rings. The second-order valence-electron chi connectivity index (χ2n) is 4.61. The molecule has 0 bridgehead atoms. The summed E-state index contributed by atoms with van der Waals surface area (Å²) in [6.45, 7) is 5.12. The van der Waals surface area contributed by atoms with E-state index < -0.39 is 0 Å². The van der Waals surface area contributed by atoms with Crippen molar-refractivity contribution >= 4 is 5.95 Å². The molecule has 1 N–H and O–H groups in total. The maximum Gasteiger partial charge on any atom is 0.222 e. The predicted molar refractivity (Wildman–Crippen MR) is 74.7 cm³/mol. The minimum absolute atomic E-state index is 0.546. The van der Waals surface area contributed by atoms with Crippen molar-refractivity contribution in [2.24, 2.45) is 0 Å². The maximum absolute atomic E-state index is 4.23. The van der Waals surface area contributed by atoms with Crippen LogP contribution < -0.4 is 5.32 Å². The van der Waals surface area contributed by atoms with Crippen LogP contribution in [0.15, 0.2) is 42.7 Å². The Kier molecular flexibility index (Phi) is 4.29. The van der Waals surface area contributed by atoms with Gasteiger partial charge in [0.05, 0.1) is 0 Å². The van der Waals surface area contributed by atoms with E-state index in [9.17, 15) is 0 Å². The van der Waals surface area contributed by atoms with Crippen molar-refractivity contribution < 1.29 is 0 Å². The topological polar surface area (TPSA) is 37.8 Å². The van der Waals surface area contributed by atoms with Gasteiger partial charge in [-0.2, -0.15) is 0 Å². The number of rotatable bonds is 5. The molecule has 0 aliphatic heterocycles. The Hall–Kier alpha value is -1.90. The third-order valence-corrected chi connectivity index (χ3v) is 3.01. The Morgan fingerprint density at radius 1 is 1.11 bits per heavy atom. The van der Waals surface area contributed by atoms with Crippen LogP contribution in [0.4, 0.5) is 5.95 Å². The number of hydrogen-bond acceptors (Lipinski definition) is 3. The molecular weight excluding hydrogens is 222 g/mol. The number of anilines is 1. The van der Waals surface area contributed by atoms with Crippen molar-refractivity contribution in [2.75, 3.05) is 11.9 Å². The molecule has 1 aromatic heterocycles. The summed E-state index contributed by atoms with van der Waals surface area (Å²) in [7, 11) is 0. The standard InChI is InChI=1S/C15H19N3/c1-12-10-17-15(18-11-12)16-9-8-13(2)14-6-4-3-5-7-14/h3-7,10-11,13H,8-9H2,1-2H3,(H,16,17,18). The van der Waals surface area contributed by atoms with E-state index in [1.54, 1.807) is 0 Å². The zero-order valence-corrected chi connectivity index (χ0v) is 10.9. The van der Waals surface area contributed by atoms with Gasteiger partial charge in [0.1, 0.15) is 0 Å². The lowest BCUT2D eigenvalue weighted by molar-refractivity contribution is 0.703. The first-order chi connectivity index (χ1) is 8.75. The molecular formula is C15H19N3. The number of aromatic nitrogens is 2. The molecule has 2 aromatic rings. The van der Waals surface area contributed by atoms with Crippen molar-refractivity contribution in [1.82, 2.24) is 9.97 Å². The van der Waals surface area contributed by atoms with Crippen molar-refractivity contribution in [1.29, 1.82) is 0 Å². The maximum atomic E-state index is 4.23. The fourth-order valence-electron chi connectivity index (χ4n) is 1.83. The summed E-state index contributed by atoms with van der Waals surface area (Å²) < 4.78 is 0. The van der Waals surface area contributed by atoms with Crippen LogP contribution in [0.1, 0.15) is 30.4 Å². The molecule has 3 heteroatoms. The van der Waals surface area contributed by atoms with Crippen LogP contribution in [-0.2, 0) is 0 Å². The lowest BCUT2D eigenvalue weighted by Gasteiger charge is -2.12. The van der Waals surface area contributed by atoms with E-state index in [4.69, 9.17) is 0 Å². The van der Waals surface area contributed by atoms with Crippen LogP contribution in [0.3, 0.4) is 0 Å². The smallest absolute Gasteiger partial charge is 0.222 e. The first kappa shape index (κ1) is 12.6. The van der Waals surface area contributed by atoms with Gasteiger partial charge < -0.3 is 5.32 Å². The second kappa shape index (κ2) is 6.15. The number of nitrogens with zero attached hydrogens (tertiary/aromatic N) is 2. The summed E-state index contributed by atoms with van der Waals surface area (Å²) in [5, 5.41) is 3.25. The summed E-state index contributed by atoms with van der Waals surface area (Å²) in [5.74, 6) is 1.25. The number of hydrogen-bond donors (Lipinski definition) is 1. The van der Waals surface area contributed by atoms with Crippen molar-refractivity contribution in [3.05, 3.63) is 53.9 Å². The Balaban J connectivity index is 1.80. The van der Waals surface area contributed by atoms with Gasteiger partial charge in [-0.3, -0.25) is 0 Å². The summed E-state index contributed by atoms with van der Waals surface area (Å²) in [4.78, 5) is 8.45. The highest BCUT2D eigenvalue weighted by atomic mass is 15.1. The fraction of sp³-hybridized carbons (Fsp3) is 0.333. The Bertz CT molecular complexity index is 465. The van der Waals surface area contributed by atoms with E-state index in [1.165, 1.54) is 5.56 Å². The van der Waals surface area contributed by atoms with Gasteiger partial charge in [0, 0.05) is 18.9 Å². The van der Waals surface area contributed by atoms with Crippen LogP contribution in [-0.4, -0.2) is 16.5 Å². The fourth-order valence-corrected chi connectivity index (χ4v) is 1.83. The van der Waals surface area contributed by atoms with E-state index in [2.05, 4.69) is 52.5 Å². The molecule has 1 aromatic carbocycles. The summed E-state index contributed by atoms with van der Waals surface area (Å²) in [5.41, 5.74) is 2.46. The van der Waals surface area contributed by atoms with Gasteiger partial charge in [0.15, 0.2) is 0 Å². The first-order valence-electron chi connectivity index (χ1n) is 6.33. The van der Waals surface area contributed by atoms with E-state index in [0.29, 0.717) is 11.9 Å². The predicted octanol–water partition coefficient (Wildman–Crippen LogP) is 3.39. The van der Waals surface area contributed by atoms with E-state index in [0.717, 1.165) is 18.5 Å². The highest BCUT2D eigenvalue weighted by Gasteiger charge is 2.04. The van der Waals surface area contributed by atoms with Crippen LogP contribution in [0, 0.1) is 6.92 Å². The van der Waals surface area contributed by atoms with E-state index in [-0.39, 0.29) is 0 Å². The largest absolute Gasteiger partial charge is 0.354 e. The molecule has 1 heterocycles. The second-order valence-corrected chi connectivity index (χ2v) is 4.61. The molecule has 0 aliphatic carbocycles. The molecule has 3 nitrogen and oxygen atoms in total. The molecule has 0 saturated heterocycles. The van der Waals surface area contributed by atoms with E-state index in [1.807, 2.05) is 19.3 Å². The van der Waals surface area contributed by atoms with Gasteiger partial charge in [0.25, 0.3) is 0 Å². The SMILES string of the molecule is Cc1cnc(NCCC(C)c2ccccc2)nc1. The number of benzene rings is 1. The molecule has 1 unspecified atom stereocenters. The summed E-state index contributed by atoms with van der Waals surface area (Å²) in [6, 6.07) is 10.6. The van der Waals surface area contributed by atoms with E-state index >= 15 is 0 Å². The van der Waals surface area contributed by atoms with Crippen LogP contribution in [0.2, 0.25) is 0 Å². The molecule has 2 rings (SSSR count). The van der Waals surface area contributed by atoms with Crippen LogP contribution in [0.5, 0.6) is 0 Å². The van der Waals surface area contributed by atoms with Crippen LogP contribution >= 0.6 is 0 Å². The normalized spacial score (nSPS) is 12.1. The van der Waals surface area contributed by atoms with Gasteiger partial charge in [-0.05, 0) is 30.4 Å². The molecule has 0 fully saturated rings. The average molecular weight is 241 g/mol. The molecule has 0 radical (unpaired) electrons. The van der Waals surface area contributed by atoms with Crippen molar-refractivity contribution in [3.63, 3.8) is 0 Å². The van der Waals surface area contributed by atoms with Gasteiger partial charge in [-0.15, -0.1) is 0 Å². The number of nitrogens with one attached hydrogen (secondary N) is 1. The van der Waals surface area contributed by atoms with Gasteiger partial charge >= 0.3 is 0 Å². The third kappa shape index (κ3) is 3.55. The zero-order chi connectivity index (χ0) is 12.8. The van der Waals surface area contributed by atoms with Crippen molar-refractivity contribution in [3.8, 4) is 0 Å². The Labute approximate surface area is 108 Å². The molecule has 0 saturated carbocycles. The summed E-state index contributed by atoms with van der Waals surface area (Å²) in [6.07, 6.45) is 4.73. The monoisotopic (exact) mass is 241 g/mol. The molecule has 1 atom stereocenters. The van der Waals surface area contributed by atoms with Gasteiger partial charge in [-0.1, -0.05) is 37.3 Å². The van der Waals surface area contributed by atoms with Gasteiger partial charge in [0.2, 0.25) is 5.95 Å². The minimum atomic E-state index is 0.546. The first-order valence-corrected chi connectivity index (χ1v) is 6.33. The summed E-state index contributed by atoms with van der Waals surface area (Å²) >= 11 is 0. The minimum Gasteiger partial charge on any atom is -0.354 e. The Morgan fingerprint density at radius 3 is 2.44 bits per heavy atom. The van der Waals surface area contributed by atoms with Crippen LogP contribution in [0.25, 0.3) is 0 Å². The van der Waals surface area contributed by atoms with Gasteiger partial charge in [-0.25, -0.2) is 9.97 Å². The average Bonchev–Trinajstić information content (AvgIpc) is 2.42. The quantitative estimate of drug-likeness (QED) is 0.872. The highest BCUT2D eigenvalue weighted by molar-refractivity contribution is 5.24. The Morgan fingerprint density at radius 2 is 1.78 bits per heavy atom. The lowest BCUT2D eigenvalue weighted by Crippen LogP contribution is -2.08. The molecule has 0 spiro atoms. The zero-order valence-electron chi connectivity index (χ0n) is 10.9. The third-order valence-electron chi connectivity index (χ3n) is 3.01. The molecule has 0 amide bonds. The lowest BCUT2D eigenvalue weighted by atomic mass is 9.98. The van der Waals surface area contributed by atoms with Crippen molar-refractivity contribution in [2.45, 2.75) is 26.2 Å². The number of aryl methyl sites for hydroxylation is 1. The highest BCUT2D eigenvalue weighted by Crippen LogP contribution is 2.18.